The Morgan fingerprint density at radius 2 is 1.91 bits per heavy atom. The minimum absolute atomic E-state index is 0.102. The molecule has 0 radical (unpaired) electrons. The number of rotatable bonds is 2. The molecular weight excluding hydrogens is 416 g/mol. The van der Waals surface area contributed by atoms with Crippen LogP contribution in [-0.2, 0) is 4.79 Å². The molecule has 2 N–H and O–H groups in total. The monoisotopic (exact) mass is 422 g/mol. The van der Waals surface area contributed by atoms with Crippen LogP contribution in [0.3, 0.4) is 0 Å². The van der Waals surface area contributed by atoms with Crippen LogP contribution in [0.25, 0.3) is 6.08 Å². The largest absolute Gasteiger partial charge is 0.506 e. The van der Waals surface area contributed by atoms with E-state index in [1.54, 1.807) is 24.3 Å². The highest BCUT2D eigenvalue weighted by Crippen LogP contribution is 2.34. The fourth-order valence-corrected chi connectivity index (χ4v) is 3.18. The summed E-state index contributed by atoms with van der Waals surface area (Å²) in [6, 6.07) is 5.14. The Morgan fingerprint density at radius 3 is 2.55 bits per heavy atom. The van der Waals surface area contributed by atoms with Gasteiger partial charge in [-0.25, -0.2) is 5.43 Å². The highest BCUT2D eigenvalue weighted by Gasteiger charge is 2.24. The van der Waals surface area contributed by atoms with Gasteiger partial charge in [0.15, 0.2) is 0 Å². The summed E-state index contributed by atoms with van der Waals surface area (Å²) in [4.78, 5) is 12.0. The van der Waals surface area contributed by atoms with Crippen LogP contribution < -0.4 is 5.43 Å². The number of hydrogen-bond acceptors (Lipinski definition) is 5. The number of hydrazone groups is 1. The van der Waals surface area contributed by atoms with Crippen molar-refractivity contribution in [2.75, 3.05) is 0 Å². The summed E-state index contributed by atoms with van der Waals surface area (Å²) in [6.45, 7) is 0. The molecule has 0 fully saturated rings. The summed E-state index contributed by atoms with van der Waals surface area (Å²) in [7, 11) is 0. The first-order chi connectivity index (χ1) is 10.6. The van der Waals surface area contributed by atoms with E-state index in [0.29, 0.717) is 25.8 Å². The molecule has 0 saturated heterocycles. The number of carbonyl (C=O) groups excluding carboxylic acids is 1. The predicted molar refractivity (Wildman–Crippen MR) is 88.2 cm³/mol. The molecule has 2 heterocycles. The summed E-state index contributed by atoms with van der Waals surface area (Å²) in [5.41, 5.74) is 4.78. The lowest BCUT2D eigenvalue weighted by molar-refractivity contribution is -0.116. The molecule has 0 aliphatic carbocycles. The zero-order valence-corrected chi connectivity index (χ0v) is 14.1. The molecule has 0 unspecified atom stereocenters. The number of benzene rings is 1. The summed E-state index contributed by atoms with van der Waals surface area (Å²) in [5.74, 6) is -0.197. The number of aromatic hydroxyl groups is 1. The highest BCUT2D eigenvalue weighted by atomic mass is 79.9. The smallest absolute Gasteiger partial charge is 0.273 e. The molecule has 110 valence electrons. The van der Waals surface area contributed by atoms with Crippen molar-refractivity contribution in [3.63, 3.8) is 0 Å². The van der Waals surface area contributed by atoms with Crippen LogP contribution in [0.4, 0.5) is 0 Å². The molecular formula is C14H8Br2N4O2. The number of hydrogen-bond donors (Lipinski definition) is 2. The molecule has 22 heavy (non-hydrogen) atoms. The van der Waals surface area contributed by atoms with E-state index in [9.17, 15) is 9.90 Å². The Kier molecular flexibility index (Phi) is 4.04. The van der Waals surface area contributed by atoms with Gasteiger partial charge in [-0.3, -0.25) is 4.79 Å². The number of halogens is 2. The maximum Gasteiger partial charge on any atom is 0.273 e. The third-order valence-electron chi connectivity index (χ3n) is 2.98. The molecule has 1 aromatic carbocycles. The molecule has 0 bridgehead atoms. The fourth-order valence-electron chi connectivity index (χ4n) is 1.95. The van der Waals surface area contributed by atoms with Crippen molar-refractivity contribution < 1.29 is 9.90 Å². The number of aromatic nitrogens is 2. The van der Waals surface area contributed by atoms with Crippen molar-refractivity contribution in [2.24, 2.45) is 5.10 Å². The number of amides is 1. The van der Waals surface area contributed by atoms with E-state index in [-0.39, 0.29) is 11.7 Å². The Balaban J connectivity index is 2.06. The SMILES string of the molecule is O=C1NN=C(c2ccnnc2)C1=Cc1cc(Br)c(O)c(Br)c1. The summed E-state index contributed by atoms with van der Waals surface area (Å²) in [6.07, 6.45) is 4.76. The number of nitrogens with zero attached hydrogens (tertiary/aromatic N) is 3. The fraction of sp³-hybridized carbons (Fsp3) is 0. The normalized spacial score (nSPS) is 15.8. The molecule has 0 saturated carbocycles. The van der Waals surface area contributed by atoms with Crippen LogP contribution in [0, 0.1) is 0 Å². The Hall–Kier alpha value is -2.06. The predicted octanol–water partition coefficient (Wildman–Crippen LogP) is 2.62. The van der Waals surface area contributed by atoms with Gasteiger partial charge in [-0.15, -0.1) is 0 Å². The lowest BCUT2D eigenvalue weighted by Crippen LogP contribution is -2.13. The molecule has 1 amide bonds. The number of nitrogens with one attached hydrogen (secondary N) is 1. The number of phenols is 1. The highest BCUT2D eigenvalue weighted by molar-refractivity contribution is 9.11. The first-order valence-corrected chi connectivity index (χ1v) is 7.70. The standard InChI is InChI=1S/C14H8Br2N4O2/c15-10-4-7(5-11(16)13(10)21)3-9-12(19-20-14(9)22)8-1-2-17-18-6-8/h1-6,21H,(H,20,22). The quantitative estimate of drug-likeness (QED) is 0.726. The lowest BCUT2D eigenvalue weighted by Gasteiger charge is -2.04. The lowest BCUT2D eigenvalue weighted by atomic mass is 10.0. The second-order valence-electron chi connectivity index (χ2n) is 4.42. The zero-order chi connectivity index (χ0) is 15.7. The van der Waals surface area contributed by atoms with Crippen molar-refractivity contribution in [1.29, 1.82) is 0 Å². The van der Waals surface area contributed by atoms with Crippen LogP contribution in [0.5, 0.6) is 5.75 Å². The van der Waals surface area contributed by atoms with E-state index in [1.807, 2.05) is 0 Å². The van der Waals surface area contributed by atoms with E-state index in [1.165, 1.54) is 12.4 Å². The van der Waals surface area contributed by atoms with Gasteiger partial charge >= 0.3 is 0 Å². The molecule has 0 spiro atoms. The first-order valence-electron chi connectivity index (χ1n) is 6.11. The van der Waals surface area contributed by atoms with Crippen LogP contribution in [0.15, 0.2) is 50.2 Å². The van der Waals surface area contributed by atoms with Crippen LogP contribution in [0.2, 0.25) is 0 Å². The molecule has 1 aliphatic heterocycles. The van der Waals surface area contributed by atoms with Crippen LogP contribution >= 0.6 is 31.9 Å². The van der Waals surface area contributed by atoms with Crippen molar-refractivity contribution in [2.45, 2.75) is 0 Å². The van der Waals surface area contributed by atoms with Gasteiger partial charge < -0.3 is 5.11 Å². The summed E-state index contributed by atoms with van der Waals surface area (Å²) >= 11 is 6.53. The minimum Gasteiger partial charge on any atom is -0.506 e. The van der Waals surface area contributed by atoms with E-state index in [2.05, 4.69) is 52.6 Å². The third kappa shape index (κ3) is 2.79. The van der Waals surface area contributed by atoms with Gasteiger partial charge in [0.1, 0.15) is 11.5 Å². The third-order valence-corrected chi connectivity index (χ3v) is 4.19. The van der Waals surface area contributed by atoms with Crippen molar-refractivity contribution in [3.05, 3.63) is 56.2 Å². The van der Waals surface area contributed by atoms with Crippen LogP contribution in [-0.4, -0.2) is 26.9 Å². The topological polar surface area (TPSA) is 87.5 Å². The van der Waals surface area contributed by atoms with Gasteiger partial charge in [0, 0.05) is 5.56 Å². The Labute approximate surface area is 142 Å². The molecule has 0 atom stereocenters. The van der Waals surface area contributed by atoms with E-state index in [4.69, 9.17) is 0 Å². The second kappa shape index (κ2) is 5.98. The number of phenolic OH excluding ortho intramolecular Hbond substituents is 1. The minimum atomic E-state index is -0.299. The molecule has 1 aliphatic rings. The van der Waals surface area contributed by atoms with E-state index >= 15 is 0 Å². The molecule has 1 aromatic heterocycles. The second-order valence-corrected chi connectivity index (χ2v) is 6.13. The number of carbonyl (C=O) groups is 1. The molecule has 6 nitrogen and oxygen atoms in total. The van der Waals surface area contributed by atoms with Gasteiger partial charge in [-0.2, -0.15) is 15.3 Å². The van der Waals surface area contributed by atoms with Gasteiger partial charge in [-0.05, 0) is 61.7 Å². The Bertz CT molecular complexity index is 796. The average Bonchev–Trinajstić information content (AvgIpc) is 2.87. The molecule has 8 heteroatoms. The van der Waals surface area contributed by atoms with Gasteiger partial charge in [0.2, 0.25) is 0 Å². The summed E-state index contributed by atoms with van der Waals surface area (Å²) < 4.78 is 1.05. The van der Waals surface area contributed by atoms with Crippen molar-refractivity contribution in [1.82, 2.24) is 15.6 Å². The summed E-state index contributed by atoms with van der Waals surface area (Å²) in [5, 5.41) is 21.3. The average molecular weight is 424 g/mol. The van der Waals surface area contributed by atoms with Gasteiger partial charge in [0.05, 0.1) is 26.9 Å². The first kappa shape index (κ1) is 14.9. The van der Waals surface area contributed by atoms with Gasteiger partial charge in [-0.1, -0.05) is 0 Å². The molecule has 2 aromatic rings. The zero-order valence-electron chi connectivity index (χ0n) is 10.9. The Morgan fingerprint density at radius 1 is 1.18 bits per heavy atom. The van der Waals surface area contributed by atoms with Gasteiger partial charge in [0.25, 0.3) is 5.91 Å². The van der Waals surface area contributed by atoms with Crippen molar-refractivity contribution >= 4 is 49.6 Å². The molecule has 3 rings (SSSR count). The van der Waals surface area contributed by atoms with E-state index in [0.717, 1.165) is 5.56 Å². The maximum atomic E-state index is 12.0. The van der Waals surface area contributed by atoms with E-state index < -0.39 is 0 Å². The van der Waals surface area contributed by atoms with Crippen LogP contribution in [0.1, 0.15) is 11.1 Å². The van der Waals surface area contributed by atoms with Crippen molar-refractivity contribution in [3.8, 4) is 5.75 Å². The maximum absolute atomic E-state index is 12.0.